The molecule has 6 aromatic rings. The number of unbranched alkanes of at least 4 members (excludes halogenated alkanes) is 2. The number of ether oxygens (including phenoxy) is 2. The van der Waals surface area contributed by atoms with Gasteiger partial charge in [-0.25, -0.2) is 9.59 Å². The van der Waals surface area contributed by atoms with Crippen LogP contribution < -0.4 is 9.47 Å². The number of benzene rings is 6. The average Bonchev–Trinajstić information content (AvgIpc) is 1.09. The van der Waals surface area contributed by atoms with Crippen molar-refractivity contribution >= 4 is 12.2 Å². The molecule has 0 saturated carbocycles. The minimum Gasteiger partial charge on any atom is -0.507 e. The predicted molar refractivity (Wildman–Crippen MR) is 366 cm³/mol. The van der Waals surface area contributed by atoms with E-state index in [1.165, 1.54) is 9.80 Å². The predicted octanol–water partition coefficient (Wildman–Crippen LogP) is 21.0. The highest BCUT2D eigenvalue weighted by molar-refractivity contribution is 5.78. The van der Waals surface area contributed by atoms with Crippen LogP contribution in [0.3, 0.4) is 0 Å². The Morgan fingerprint density at radius 2 is 0.591 bits per heavy atom. The summed E-state index contributed by atoms with van der Waals surface area (Å²) in [5, 5.41) is 46.8. The van der Waals surface area contributed by atoms with Crippen LogP contribution in [0.2, 0.25) is 0 Å². The van der Waals surface area contributed by atoms with Crippen LogP contribution in [0.1, 0.15) is 263 Å². The number of aryl methyl sites for hydroxylation is 6. The number of carbonyl (C=O) groups is 2. The molecule has 0 spiro atoms. The normalized spacial score (nSPS) is 12.4. The Bertz CT molecular complexity index is 3290. The molecule has 2 amide bonds. The van der Waals surface area contributed by atoms with Crippen LogP contribution in [0.4, 0.5) is 9.59 Å². The molecule has 0 bridgehead atoms. The third-order valence-corrected chi connectivity index (χ3v) is 17.7. The minimum atomic E-state index is -0.436. The lowest BCUT2D eigenvalue weighted by atomic mass is 9.84. The van der Waals surface area contributed by atoms with E-state index in [1.54, 1.807) is 28.2 Å². The molecule has 10 nitrogen and oxygen atoms in total. The zero-order valence-electron chi connectivity index (χ0n) is 57.0. The van der Waals surface area contributed by atoms with Gasteiger partial charge in [0.05, 0.1) is 0 Å². The van der Waals surface area contributed by atoms with E-state index in [1.807, 2.05) is 0 Å². The number of nitrogens with zero attached hydrogens (tertiary/aromatic N) is 2. The molecular weight excluding hydrogens is 1090 g/mol. The molecule has 2 atom stereocenters. The summed E-state index contributed by atoms with van der Waals surface area (Å²) >= 11 is 0. The molecule has 0 saturated heterocycles. The van der Waals surface area contributed by atoms with Gasteiger partial charge in [0.2, 0.25) is 0 Å². The number of carbonyl (C=O) groups excluding carboxylic acids is 2. The highest BCUT2D eigenvalue weighted by Crippen LogP contribution is 2.46. The van der Waals surface area contributed by atoms with E-state index in [9.17, 15) is 30.0 Å². The van der Waals surface area contributed by atoms with Gasteiger partial charge in [0, 0.05) is 28.2 Å². The maximum Gasteiger partial charge on any atom is 0.414 e. The van der Waals surface area contributed by atoms with Crippen LogP contribution >= 0.6 is 0 Å². The first-order valence-electron chi connectivity index (χ1n) is 33.3. The number of amides is 2. The number of aromatic hydroxyl groups is 4. The lowest BCUT2D eigenvalue weighted by molar-refractivity contribution is 0.170. The maximum atomic E-state index is 13.5. The van der Waals surface area contributed by atoms with E-state index in [2.05, 4.69) is 170 Å². The first-order chi connectivity index (χ1) is 41.7. The van der Waals surface area contributed by atoms with Gasteiger partial charge in [-0.15, -0.1) is 0 Å². The molecule has 6 aromatic carbocycles. The first kappa shape index (κ1) is 70.2. The second-order valence-electron chi connectivity index (χ2n) is 26.8. The quantitative estimate of drug-likeness (QED) is 0.0341. The van der Waals surface area contributed by atoms with Crippen molar-refractivity contribution in [1.82, 2.24) is 9.80 Å². The summed E-state index contributed by atoms with van der Waals surface area (Å²) < 4.78 is 12.4. The lowest BCUT2D eigenvalue weighted by Crippen LogP contribution is -2.26. The van der Waals surface area contributed by atoms with Gasteiger partial charge < -0.3 is 39.7 Å². The number of phenolic OH excluding ortho intramolecular Hbond substituents is 4. The molecule has 0 fully saturated rings. The van der Waals surface area contributed by atoms with Crippen molar-refractivity contribution < 1.29 is 39.5 Å². The molecule has 4 N–H and O–H groups in total. The third kappa shape index (κ3) is 17.3. The molecule has 0 aliphatic heterocycles. The average molecular weight is 1200 g/mol. The van der Waals surface area contributed by atoms with E-state index in [0.717, 1.165) is 196 Å². The Hall–Kier alpha value is -6.94. The first-order valence-corrected chi connectivity index (χ1v) is 33.3. The molecule has 6 rings (SSSR count). The molecule has 0 heterocycles. The molecule has 478 valence electrons. The van der Waals surface area contributed by atoms with Gasteiger partial charge in [0.25, 0.3) is 0 Å². The molecule has 0 aliphatic rings. The summed E-state index contributed by atoms with van der Waals surface area (Å²) in [4.78, 5) is 29.5. The van der Waals surface area contributed by atoms with Crippen molar-refractivity contribution in [3.05, 3.63) is 140 Å². The molecule has 2 unspecified atom stereocenters. The summed E-state index contributed by atoms with van der Waals surface area (Å²) in [6, 6.07) is 25.8. The van der Waals surface area contributed by atoms with E-state index in [-0.39, 0.29) is 35.5 Å². The number of rotatable bonds is 29. The Morgan fingerprint density at radius 3 is 0.932 bits per heavy atom. The molecule has 88 heavy (non-hydrogen) atoms. The monoisotopic (exact) mass is 1200 g/mol. The Kier molecular flexibility index (Phi) is 25.5. The van der Waals surface area contributed by atoms with Gasteiger partial charge in [-0.05, 0) is 273 Å². The Morgan fingerprint density at radius 1 is 0.341 bits per heavy atom. The smallest absolute Gasteiger partial charge is 0.414 e. The summed E-state index contributed by atoms with van der Waals surface area (Å²) in [6.07, 6.45) is 12.4. The van der Waals surface area contributed by atoms with Crippen molar-refractivity contribution in [1.29, 1.82) is 0 Å². The fraction of sp³-hybridized carbons (Fsp3) is 0.513. The molecule has 0 aliphatic carbocycles. The zero-order chi connectivity index (χ0) is 64.8. The van der Waals surface area contributed by atoms with Gasteiger partial charge in [-0.1, -0.05) is 135 Å². The minimum absolute atomic E-state index is 0.0106. The van der Waals surface area contributed by atoms with Gasteiger partial charge >= 0.3 is 12.2 Å². The third-order valence-electron chi connectivity index (χ3n) is 17.7. The Labute approximate surface area is 529 Å². The molecule has 0 radical (unpaired) electrons. The second kappa shape index (κ2) is 32.0. The Balaban J connectivity index is 1.33. The summed E-state index contributed by atoms with van der Waals surface area (Å²) in [5.41, 5.74) is 17.6. The van der Waals surface area contributed by atoms with Gasteiger partial charge in [-0.3, -0.25) is 0 Å². The van der Waals surface area contributed by atoms with E-state index < -0.39 is 12.2 Å². The van der Waals surface area contributed by atoms with Gasteiger partial charge in [0.1, 0.15) is 34.5 Å². The summed E-state index contributed by atoms with van der Waals surface area (Å²) in [6.45, 7) is 30.0. The topological polar surface area (TPSA) is 140 Å². The van der Waals surface area contributed by atoms with Crippen LogP contribution in [0.15, 0.2) is 72.8 Å². The van der Waals surface area contributed by atoms with Crippen molar-refractivity contribution in [2.75, 3.05) is 28.2 Å². The van der Waals surface area contributed by atoms with Crippen LogP contribution in [-0.2, 0) is 38.5 Å². The number of hydrogen-bond donors (Lipinski definition) is 4. The standard InChI is InChI=1S/C78H108N2O8/c1-19-27-53-35-59(36-54(28-20-2)71(53)81)60-37-55(29-21-3)72(82)57(39-60)33-25-23-31-51(13)69-45-62(61-38-56(30-22-4)73(83)65(41-61)47(5)6)40-58(74(69)84)34-26-24-32-52(14)70-46-64(44-68(50(11)12)76(70)88-78(86)80(17)18)63-42-66(48(7)8)75(67(43-63)49(9)10)87-77(85)79(15)16/h35-52,81-84H,19-34H2,1-18H3. The van der Waals surface area contributed by atoms with Crippen LogP contribution in [-0.4, -0.2) is 70.6 Å². The fourth-order valence-corrected chi connectivity index (χ4v) is 12.4. The fourth-order valence-electron chi connectivity index (χ4n) is 12.4. The van der Waals surface area contributed by atoms with Crippen molar-refractivity contribution in [2.45, 2.75) is 235 Å². The van der Waals surface area contributed by atoms with Crippen molar-refractivity contribution in [2.24, 2.45) is 0 Å². The summed E-state index contributed by atoms with van der Waals surface area (Å²) in [7, 11) is 6.79. The van der Waals surface area contributed by atoms with E-state index in [0.29, 0.717) is 40.9 Å². The number of hydrogen-bond acceptors (Lipinski definition) is 8. The van der Waals surface area contributed by atoms with Crippen LogP contribution in [0, 0.1) is 0 Å². The lowest BCUT2D eigenvalue weighted by Gasteiger charge is -2.25. The highest BCUT2D eigenvalue weighted by Gasteiger charge is 2.27. The van der Waals surface area contributed by atoms with Gasteiger partial charge in [-0.2, -0.15) is 0 Å². The van der Waals surface area contributed by atoms with Crippen LogP contribution in [0.25, 0.3) is 33.4 Å². The molecule has 10 heteroatoms. The molecular formula is C78H108N2O8. The zero-order valence-corrected chi connectivity index (χ0v) is 57.0. The second-order valence-corrected chi connectivity index (χ2v) is 26.8. The van der Waals surface area contributed by atoms with Crippen molar-refractivity contribution in [3.63, 3.8) is 0 Å². The SMILES string of the molecule is CCCc1cc(-c2cc(CCC)c(O)c(CCCCC(C)c3cc(-c4cc(CCC)c(O)c(C(C)C)c4)cc(CCCCC(C)c4cc(-c5cc(C(C)C)c(OC(=O)N(C)C)c(C(C)C)c5)cc(C(C)C)c4OC(=O)N(C)C)c3O)c2)cc(CCC)c1O. The maximum absolute atomic E-state index is 13.5. The highest BCUT2D eigenvalue weighted by atomic mass is 16.6. The molecule has 0 aromatic heterocycles. The summed E-state index contributed by atoms with van der Waals surface area (Å²) in [5.74, 6) is 3.01. The van der Waals surface area contributed by atoms with E-state index >= 15 is 0 Å². The van der Waals surface area contributed by atoms with Crippen molar-refractivity contribution in [3.8, 4) is 67.9 Å². The number of phenols is 4. The van der Waals surface area contributed by atoms with E-state index in [4.69, 9.17) is 9.47 Å². The largest absolute Gasteiger partial charge is 0.507 e. The van der Waals surface area contributed by atoms with Crippen LogP contribution in [0.5, 0.6) is 34.5 Å². The van der Waals surface area contributed by atoms with Gasteiger partial charge in [0.15, 0.2) is 0 Å².